The molecule has 3 N–H and O–H groups in total. The van der Waals surface area contributed by atoms with Gasteiger partial charge in [-0.05, 0) is 49.7 Å². The Morgan fingerprint density at radius 1 is 1.20 bits per heavy atom. The number of nitrogens with zero attached hydrogens (tertiary/aromatic N) is 1. The Morgan fingerprint density at radius 3 is 2.60 bits per heavy atom. The quantitative estimate of drug-likeness (QED) is 0.841. The van der Waals surface area contributed by atoms with Gasteiger partial charge in [-0.3, -0.25) is 4.98 Å². The lowest BCUT2D eigenvalue weighted by atomic mass is 10.2. The van der Waals surface area contributed by atoms with Crippen LogP contribution in [0.25, 0.3) is 0 Å². The predicted molar refractivity (Wildman–Crippen MR) is 78.6 cm³/mol. The summed E-state index contributed by atoms with van der Waals surface area (Å²) in [5.74, 6) is 0. The average Bonchev–Trinajstić information content (AvgIpc) is 2.35. The lowest BCUT2D eigenvalue weighted by Crippen LogP contribution is -2.24. The topological polar surface area (TPSA) is 85.1 Å². The fraction of sp³-hybridized carbons (Fsp3) is 0.214. The molecule has 0 aliphatic heterocycles. The van der Waals surface area contributed by atoms with E-state index in [-0.39, 0.29) is 11.4 Å². The Bertz CT molecular complexity index is 707. The first kappa shape index (κ1) is 14.5. The number of nitrogens with one attached hydrogen (secondary N) is 1. The molecule has 0 spiro atoms. The molecule has 20 heavy (non-hydrogen) atoms. The number of sulfonamides is 1. The highest BCUT2D eigenvalue weighted by Gasteiger charge is 2.14. The van der Waals surface area contributed by atoms with Crippen LogP contribution >= 0.6 is 0 Å². The number of aryl methyl sites for hydroxylation is 2. The van der Waals surface area contributed by atoms with Gasteiger partial charge >= 0.3 is 0 Å². The number of nitrogen functional groups attached to an aromatic ring is 1. The van der Waals surface area contributed by atoms with Crippen LogP contribution in [0.2, 0.25) is 0 Å². The van der Waals surface area contributed by atoms with Gasteiger partial charge in [0.1, 0.15) is 0 Å². The smallest absolute Gasteiger partial charge is 0.241 e. The lowest BCUT2D eigenvalue weighted by molar-refractivity contribution is 0.580. The summed E-state index contributed by atoms with van der Waals surface area (Å²) in [5, 5.41) is 0. The third-order valence-electron chi connectivity index (χ3n) is 2.77. The van der Waals surface area contributed by atoms with Gasteiger partial charge in [0.05, 0.1) is 17.1 Å². The Morgan fingerprint density at radius 2 is 1.95 bits per heavy atom. The minimum atomic E-state index is -3.59. The number of rotatable bonds is 4. The van der Waals surface area contributed by atoms with Crippen LogP contribution in [0.1, 0.15) is 17.0 Å². The van der Waals surface area contributed by atoms with Crippen molar-refractivity contribution in [3.63, 3.8) is 0 Å². The second kappa shape index (κ2) is 5.60. The molecule has 0 aliphatic rings. The molecule has 2 aromatic rings. The van der Waals surface area contributed by atoms with Crippen molar-refractivity contribution in [2.24, 2.45) is 0 Å². The Balaban J connectivity index is 2.19. The number of benzene rings is 1. The number of hydrogen-bond donors (Lipinski definition) is 2. The summed E-state index contributed by atoms with van der Waals surface area (Å²) >= 11 is 0. The van der Waals surface area contributed by atoms with Crippen LogP contribution in [0.3, 0.4) is 0 Å². The highest BCUT2D eigenvalue weighted by atomic mass is 32.2. The van der Waals surface area contributed by atoms with E-state index in [1.165, 1.54) is 6.07 Å². The van der Waals surface area contributed by atoms with E-state index in [4.69, 9.17) is 5.73 Å². The molecule has 0 unspecified atom stereocenters. The summed E-state index contributed by atoms with van der Waals surface area (Å²) in [7, 11) is -3.59. The van der Waals surface area contributed by atoms with Crippen LogP contribution in [-0.4, -0.2) is 13.4 Å². The third-order valence-corrected chi connectivity index (χ3v) is 4.15. The molecule has 5 nitrogen and oxygen atoms in total. The Hall–Kier alpha value is -1.92. The van der Waals surface area contributed by atoms with E-state index in [0.29, 0.717) is 11.4 Å². The van der Waals surface area contributed by atoms with E-state index in [2.05, 4.69) is 9.71 Å². The van der Waals surface area contributed by atoms with Gasteiger partial charge in [0.2, 0.25) is 10.0 Å². The summed E-state index contributed by atoms with van der Waals surface area (Å²) in [6.45, 7) is 3.81. The maximum absolute atomic E-state index is 12.2. The van der Waals surface area contributed by atoms with Gasteiger partial charge in [0.15, 0.2) is 0 Å². The van der Waals surface area contributed by atoms with E-state index < -0.39 is 10.0 Å². The molecule has 0 atom stereocenters. The zero-order valence-electron chi connectivity index (χ0n) is 11.4. The Labute approximate surface area is 118 Å². The standard InChI is InChI=1S/C14H17N3O2S/c1-10-6-12(15)8-14(7-10)20(18,19)16-9-13-5-3-4-11(2)17-13/h3-8,16H,9,15H2,1-2H3. The summed E-state index contributed by atoms with van der Waals surface area (Å²) in [4.78, 5) is 4.42. The van der Waals surface area contributed by atoms with Crippen molar-refractivity contribution >= 4 is 15.7 Å². The van der Waals surface area contributed by atoms with Crippen molar-refractivity contribution in [2.45, 2.75) is 25.3 Å². The second-order valence-electron chi connectivity index (χ2n) is 4.67. The molecule has 106 valence electrons. The zero-order valence-corrected chi connectivity index (χ0v) is 12.2. The molecule has 1 aromatic heterocycles. The van der Waals surface area contributed by atoms with Crippen LogP contribution < -0.4 is 10.5 Å². The average molecular weight is 291 g/mol. The number of nitrogens with two attached hydrogens (primary N) is 1. The van der Waals surface area contributed by atoms with Crippen LogP contribution in [-0.2, 0) is 16.6 Å². The predicted octanol–water partition coefficient (Wildman–Crippen LogP) is 1.76. The normalized spacial score (nSPS) is 11.5. The van der Waals surface area contributed by atoms with Crippen molar-refractivity contribution in [2.75, 3.05) is 5.73 Å². The van der Waals surface area contributed by atoms with E-state index in [1.807, 2.05) is 19.1 Å². The van der Waals surface area contributed by atoms with Gasteiger partial charge < -0.3 is 5.73 Å². The van der Waals surface area contributed by atoms with Crippen LogP contribution in [0.4, 0.5) is 5.69 Å². The monoisotopic (exact) mass is 291 g/mol. The molecule has 1 heterocycles. The first-order valence-corrected chi connectivity index (χ1v) is 7.64. The van der Waals surface area contributed by atoms with E-state index >= 15 is 0 Å². The van der Waals surface area contributed by atoms with Gasteiger partial charge in [0.25, 0.3) is 0 Å². The minimum Gasteiger partial charge on any atom is -0.399 e. The molecule has 0 saturated heterocycles. The van der Waals surface area contributed by atoms with Gasteiger partial charge in [-0.2, -0.15) is 0 Å². The largest absolute Gasteiger partial charge is 0.399 e. The van der Waals surface area contributed by atoms with Crippen molar-refractivity contribution < 1.29 is 8.42 Å². The maximum Gasteiger partial charge on any atom is 0.241 e. The Kier molecular flexibility index (Phi) is 4.06. The molecule has 6 heteroatoms. The third kappa shape index (κ3) is 3.55. The molecular formula is C14H17N3O2S. The van der Waals surface area contributed by atoms with E-state index in [1.54, 1.807) is 25.1 Å². The molecule has 0 bridgehead atoms. The van der Waals surface area contributed by atoms with E-state index in [9.17, 15) is 8.42 Å². The molecule has 0 amide bonds. The highest BCUT2D eigenvalue weighted by molar-refractivity contribution is 7.89. The van der Waals surface area contributed by atoms with Crippen molar-refractivity contribution in [3.8, 4) is 0 Å². The highest BCUT2D eigenvalue weighted by Crippen LogP contribution is 2.16. The molecule has 1 aromatic carbocycles. The number of pyridine rings is 1. The SMILES string of the molecule is Cc1cc(N)cc(S(=O)(=O)NCc2cccc(C)n2)c1. The fourth-order valence-electron chi connectivity index (χ4n) is 1.88. The van der Waals surface area contributed by atoms with Crippen molar-refractivity contribution in [3.05, 3.63) is 53.3 Å². The van der Waals surface area contributed by atoms with Gasteiger partial charge in [0, 0.05) is 11.4 Å². The summed E-state index contributed by atoms with van der Waals surface area (Å²) in [6.07, 6.45) is 0. The molecule has 0 radical (unpaired) electrons. The summed E-state index contributed by atoms with van der Waals surface area (Å²) in [5.41, 5.74) is 8.44. The fourth-order valence-corrected chi connectivity index (χ4v) is 3.02. The van der Waals surface area contributed by atoms with Crippen LogP contribution in [0.15, 0.2) is 41.3 Å². The minimum absolute atomic E-state index is 0.151. The number of anilines is 1. The van der Waals surface area contributed by atoms with Crippen LogP contribution in [0.5, 0.6) is 0 Å². The van der Waals surface area contributed by atoms with Crippen molar-refractivity contribution in [1.29, 1.82) is 0 Å². The molecule has 2 rings (SSSR count). The molecular weight excluding hydrogens is 274 g/mol. The first-order chi connectivity index (χ1) is 9.37. The second-order valence-corrected chi connectivity index (χ2v) is 6.44. The summed E-state index contributed by atoms with van der Waals surface area (Å²) in [6, 6.07) is 10.2. The van der Waals surface area contributed by atoms with E-state index in [0.717, 1.165) is 11.3 Å². The zero-order chi connectivity index (χ0) is 14.8. The van der Waals surface area contributed by atoms with Gasteiger partial charge in [-0.1, -0.05) is 6.07 Å². The molecule has 0 aliphatic carbocycles. The first-order valence-electron chi connectivity index (χ1n) is 6.16. The van der Waals surface area contributed by atoms with Crippen LogP contribution in [0, 0.1) is 13.8 Å². The molecule has 0 saturated carbocycles. The maximum atomic E-state index is 12.2. The van der Waals surface area contributed by atoms with Gasteiger partial charge in [-0.25, -0.2) is 13.1 Å². The number of aromatic nitrogens is 1. The number of hydrogen-bond acceptors (Lipinski definition) is 4. The van der Waals surface area contributed by atoms with Crippen molar-refractivity contribution in [1.82, 2.24) is 9.71 Å². The summed E-state index contributed by atoms with van der Waals surface area (Å²) < 4.78 is 26.9. The molecule has 0 fully saturated rings. The van der Waals surface area contributed by atoms with Gasteiger partial charge in [-0.15, -0.1) is 0 Å². The lowest BCUT2D eigenvalue weighted by Gasteiger charge is -2.08.